The third-order valence-electron chi connectivity index (χ3n) is 4.18. The summed E-state index contributed by atoms with van der Waals surface area (Å²) in [6, 6.07) is 10.4. The van der Waals surface area contributed by atoms with Gasteiger partial charge in [-0.1, -0.05) is 32.0 Å². The molecule has 3 rings (SSSR count). The summed E-state index contributed by atoms with van der Waals surface area (Å²) in [5.41, 5.74) is 6.68. The van der Waals surface area contributed by atoms with Crippen LogP contribution in [0.15, 0.2) is 30.3 Å². The molecule has 0 spiro atoms. The van der Waals surface area contributed by atoms with Crippen molar-refractivity contribution in [3.8, 4) is 0 Å². The summed E-state index contributed by atoms with van der Waals surface area (Å²) < 4.78 is 1.85. The van der Waals surface area contributed by atoms with Crippen LogP contribution in [-0.4, -0.2) is 46.9 Å². The van der Waals surface area contributed by atoms with Crippen LogP contribution in [-0.2, 0) is 6.54 Å². The van der Waals surface area contributed by atoms with Gasteiger partial charge < -0.3 is 15.5 Å². The summed E-state index contributed by atoms with van der Waals surface area (Å²) in [4.78, 5) is 16.1. The summed E-state index contributed by atoms with van der Waals surface area (Å²) in [6.45, 7) is 8.37. The van der Waals surface area contributed by atoms with Crippen molar-refractivity contribution in [2.24, 2.45) is 11.7 Å². The van der Waals surface area contributed by atoms with E-state index in [1.807, 2.05) is 10.6 Å². The van der Waals surface area contributed by atoms with Crippen LogP contribution in [0.2, 0.25) is 0 Å². The first-order valence-electron chi connectivity index (χ1n) is 8.34. The molecule has 2 heterocycles. The maximum atomic E-state index is 11.6. The Kier molecular flexibility index (Phi) is 4.69. The molecule has 128 valence electrons. The van der Waals surface area contributed by atoms with Crippen LogP contribution in [0.5, 0.6) is 0 Å². The van der Waals surface area contributed by atoms with Crippen LogP contribution in [0.4, 0.5) is 11.6 Å². The Hall–Kier alpha value is -2.57. The van der Waals surface area contributed by atoms with Crippen molar-refractivity contribution in [3.05, 3.63) is 36.2 Å². The van der Waals surface area contributed by atoms with Crippen molar-refractivity contribution in [2.75, 3.05) is 36.0 Å². The number of aromatic nitrogens is 3. The fraction of sp³-hybridized carbons (Fsp3) is 0.471. The minimum Gasteiger partial charge on any atom is -0.368 e. The van der Waals surface area contributed by atoms with Gasteiger partial charge in [-0.25, -0.2) is 0 Å². The topological polar surface area (TPSA) is 80.3 Å². The standard InChI is InChI=1S/C17H24N6O/c1-13(2)12-23-16(15(18)24)19-20-17(23)22-10-8-21(9-11-22)14-6-4-3-5-7-14/h3-7,13H,8-12H2,1-2H3,(H2,18,24). The molecule has 0 atom stereocenters. The number of benzene rings is 1. The second-order valence-corrected chi connectivity index (χ2v) is 6.50. The SMILES string of the molecule is CC(C)Cn1c(C(N)=O)nnc1N1CCN(c2ccccc2)CC1. The van der Waals surface area contributed by atoms with Crippen molar-refractivity contribution in [2.45, 2.75) is 20.4 Å². The van der Waals surface area contributed by atoms with Crippen LogP contribution in [0.3, 0.4) is 0 Å². The van der Waals surface area contributed by atoms with Gasteiger partial charge in [0.15, 0.2) is 0 Å². The lowest BCUT2D eigenvalue weighted by Crippen LogP contribution is -2.47. The van der Waals surface area contributed by atoms with Gasteiger partial charge in [0.25, 0.3) is 5.91 Å². The predicted octanol–water partition coefficient (Wildman–Crippen LogP) is 1.36. The number of hydrogen-bond donors (Lipinski definition) is 1. The quantitative estimate of drug-likeness (QED) is 0.896. The Balaban J connectivity index is 1.75. The summed E-state index contributed by atoms with van der Waals surface area (Å²) in [6.07, 6.45) is 0. The van der Waals surface area contributed by atoms with Crippen molar-refractivity contribution in [3.63, 3.8) is 0 Å². The number of amides is 1. The monoisotopic (exact) mass is 328 g/mol. The molecule has 7 nitrogen and oxygen atoms in total. The van der Waals surface area contributed by atoms with Gasteiger partial charge in [-0.05, 0) is 18.1 Å². The largest absolute Gasteiger partial charge is 0.368 e. The Labute approximate surface area is 142 Å². The van der Waals surface area contributed by atoms with Gasteiger partial charge >= 0.3 is 0 Å². The average Bonchev–Trinajstić information content (AvgIpc) is 2.99. The van der Waals surface area contributed by atoms with Crippen molar-refractivity contribution >= 4 is 17.5 Å². The van der Waals surface area contributed by atoms with E-state index in [4.69, 9.17) is 5.73 Å². The third-order valence-corrected chi connectivity index (χ3v) is 4.18. The zero-order valence-electron chi connectivity index (χ0n) is 14.2. The van der Waals surface area contributed by atoms with Gasteiger partial charge in [0.2, 0.25) is 11.8 Å². The van der Waals surface area contributed by atoms with Crippen LogP contribution >= 0.6 is 0 Å². The number of para-hydroxylation sites is 1. The molecule has 1 fully saturated rings. The number of hydrogen-bond acceptors (Lipinski definition) is 5. The maximum Gasteiger partial charge on any atom is 0.286 e. The van der Waals surface area contributed by atoms with E-state index < -0.39 is 5.91 Å². The molecule has 1 saturated heterocycles. The molecule has 1 aliphatic rings. The minimum atomic E-state index is -0.530. The van der Waals surface area contributed by atoms with Gasteiger partial charge in [-0.2, -0.15) is 0 Å². The Morgan fingerprint density at radius 2 is 1.71 bits per heavy atom. The zero-order chi connectivity index (χ0) is 17.1. The van der Waals surface area contributed by atoms with Crippen molar-refractivity contribution in [1.29, 1.82) is 0 Å². The highest BCUT2D eigenvalue weighted by molar-refractivity contribution is 5.89. The molecule has 0 aliphatic carbocycles. The minimum absolute atomic E-state index is 0.240. The van der Waals surface area contributed by atoms with Crippen LogP contribution in [0, 0.1) is 5.92 Å². The van der Waals surface area contributed by atoms with Gasteiger partial charge in [0, 0.05) is 38.4 Å². The molecule has 1 amide bonds. The van der Waals surface area contributed by atoms with E-state index in [0.29, 0.717) is 12.5 Å². The number of nitrogens with zero attached hydrogens (tertiary/aromatic N) is 5. The van der Waals surface area contributed by atoms with E-state index in [1.165, 1.54) is 5.69 Å². The normalized spacial score (nSPS) is 15.1. The van der Waals surface area contributed by atoms with E-state index in [-0.39, 0.29) is 5.82 Å². The predicted molar refractivity (Wildman–Crippen MR) is 94.2 cm³/mol. The fourth-order valence-corrected chi connectivity index (χ4v) is 3.05. The number of piperazine rings is 1. The molecule has 2 N–H and O–H groups in total. The smallest absolute Gasteiger partial charge is 0.286 e. The average molecular weight is 328 g/mol. The number of rotatable bonds is 5. The maximum absolute atomic E-state index is 11.6. The molecule has 0 radical (unpaired) electrons. The van der Waals surface area contributed by atoms with Crippen molar-refractivity contribution in [1.82, 2.24) is 14.8 Å². The van der Waals surface area contributed by atoms with Gasteiger partial charge in [-0.15, -0.1) is 10.2 Å². The molecule has 1 aromatic carbocycles. The summed E-state index contributed by atoms with van der Waals surface area (Å²) in [5.74, 6) is 0.829. The Morgan fingerprint density at radius 3 is 2.29 bits per heavy atom. The molecule has 0 unspecified atom stereocenters. The second-order valence-electron chi connectivity index (χ2n) is 6.50. The first-order chi connectivity index (χ1) is 11.6. The van der Waals surface area contributed by atoms with E-state index in [0.717, 1.165) is 32.1 Å². The van der Waals surface area contributed by atoms with Gasteiger partial charge in [0.05, 0.1) is 0 Å². The molecule has 24 heavy (non-hydrogen) atoms. The second kappa shape index (κ2) is 6.90. The van der Waals surface area contributed by atoms with Crippen LogP contribution in [0.25, 0.3) is 0 Å². The fourth-order valence-electron chi connectivity index (χ4n) is 3.05. The van der Waals surface area contributed by atoms with Crippen LogP contribution < -0.4 is 15.5 Å². The van der Waals surface area contributed by atoms with Crippen LogP contribution in [0.1, 0.15) is 24.5 Å². The number of carbonyl (C=O) groups excluding carboxylic acids is 1. The summed E-state index contributed by atoms with van der Waals surface area (Å²) >= 11 is 0. The van der Waals surface area contributed by atoms with E-state index in [2.05, 4.69) is 58.1 Å². The van der Waals surface area contributed by atoms with E-state index in [9.17, 15) is 4.79 Å². The number of carbonyl (C=O) groups is 1. The Bertz CT molecular complexity index is 688. The zero-order valence-corrected chi connectivity index (χ0v) is 14.2. The van der Waals surface area contributed by atoms with E-state index >= 15 is 0 Å². The lowest BCUT2D eigenvalue weighted by atomic mass is 10.2. The molecule has 1 aliphatic heterocycles. The Morgan fingerprint density at radius 1 is 1.08 bits per heavy atom. The number of primary amides is 1. The highest BCUT2D eigenvalue weighted by Crippen LogP contribution is 2.20. The lowest BCUT2D eigenvalue weighted by Gasteiger charge is -2.36. The molecule has 0 bridgehead atoms. The molecular weight excluding hydrogens is 304 g/mol. The third kappa shape index (κ3) is 3.34. The van der Waals surface area contributed by atoms with Crippen molar-refractivity contribution < 1.29 is 4.79 Å². The molecule has 0 saturated carbocycles. The highest BCUT2D eigenvalue weighted by atomic mass is 16.1. The number of nitrogens with two attached hydrogens (primary N) is 1. The molecule has 2 aromatic rings. The summed E-state index contributed by atoms with van der Waals surface area (Å²) in [7, 11) is 0. The van der Waals surface area contributed by atoms with Gasteiger partial charge in [0.1, 0.15) is 0 Å². The highest BCUT2D eigenvalue weighted by Gasteiger charge is 2.25. The first kappa shape index (κ1) is 16.3. The van der Waals surface area contributed by atoms with E-state index in [1.54, 1.807) is 0 Å². The first-order valence-corrected chi connectivity index (χ1v) is 8.34. The number of anilines is 2. The molecular formula is C17H24N6O. The van der Waals surface area contributed by atoms with Gasteiger partial charge in [-0.3, -0.25) is 9.36 Å². The molecule has 7 heteroatoms. The lowest BCUT2D eigenvalue weighted by molar-refractivity contribution is 0.0985. The summed E-state index contributed by atoms with van der Waals surface area (Å²) in [5, 5.41) is 8.24. The molecule has 1 aromatic heterocycles.